The zero-order chi connectivity index (χ0) is 19.4. The van der Waals surface area contributed by atoms with E-state index < -0.39 is 12.0 Å². The predicted octanol–water partition coefficient (Wildman–Crippen LogP) is 6.02. The van der Waals surface area contributed by atoms with Crippen molar-refractivity contribution >= 4 is 11.8 Å². The Morgan fingerprint density at radius 2 is 1.96 bits per heavy atom. The number of methoxy groups -OCH3 is 1. The van der Waals surface area contributed by atoms with Crippen molar-refractivity contribution in [3.63, 3.8) is 0 Å². The molecule has 0 bridgehead atoms. The molecule has 27 heavy (non-hydrogen) atoms. The molecule has 0 fully saturated rings. The zero-order valence-electron chi connectivity index (χ0n) is 16.4. The van der Waals surface area contributed by atoms with Crippen molar-refractivity contribution in [3.8, 4) is 5.75 Å². The second-order valence-electron chi connectivity index (χ2n) is 7.46. The van der Waals surface area contributed by atoms with Gasteiger partial charge in [0.2, 0.25) is 0 Å². The van der Waals surface area contributed by atoms with Gasteiger partial charge in [-0.25, -0.2) is 4.39 Å². The molecule has 2 aromatic rings. The Kier molecular flexibility index (Phi) is 6.48. The third kappa shape index (κ3) is 3.88. The van der Waals surface area contributed by atoms with Crippen LogP contribution in [0, 0.1) is 11.2 Å². The van der Waals surface area contributed by atoms with E-state index in [4.69, 9.17) is 4.74 Å². The first-order chi connectivity index (χ1) is 13.1. The number of fused-ring (bicyclic) bond motifs is 1. The van der Waals surface area contributed by atoms with E-state index in [0.29, 0.717) is 5.56 Å². The summed E-state index contributed by atoms with van der Waals surface area (Å²) in [6.07, 6.45) is 3.33. The minimum atomic E-state index is -0.646. The third-order valence-electron chi connectivity index (χ3n) is 5.98. The SMILES string of the molecule is CCCC[C@]1(CC)CSc2ccc(OC)cc2[C@H](c2ccccc2F)C1O. The molecule has 2 aromatic carbocycles. The largest absolute Gasteiger partial charge is 0.497 e. The number of aliphatic hydroxyl groups is 1. The molecule has 0 saturated heterocycles. The van der Waals surface area contributed by atoms with Crippen LogP contribution in [0.2, 0.25) is 0 Å². The van der Waals surface area contributed by atoms with Gasteiger partial charge in [-0.05, 0) is 48.2 Å². The summed E-state index contributed by atoms with van der Waals surface area (Å²) in [5, 5.41) is 11.7. The van der Waals surface area contributed by atoms with Crippen molar-refractivity contribution in [2.24, 2.45) is 5.41 Å². The Morgan fingerprint density at radius 3 is 2.63 bits per heavy atom. The Balaban J connectivity index is 2.18. The van der Waals surface area contributed by atoms with Crippen molar-refractivity contribution in [1.29, 1.82) is 0 Å². The van der Waals surface area contributed by atoms with Gasteiger partial charge in [-0.3, -0.25) is 0 Å². The van der Waals surface area contributed by atoms with E-state index in [1.165, 1.54) is 6.07 Å². The second-order valence-corrected chi connectivity index (χ2v) is 8.47. The van der Waals surface area contributed by atoms with Crippen LogP contribution in [0.15, 0.2) is 47.4 Å². The average molecular weight is 389 g/mol. The molecule has 3 atom stereocenters. The summed E-state index contributed by atoms with van der Waals surface area (Å²) in [5.41, 5.74) is 1.29. The van der Waals surface area contributed by atoms with Gasteiger partial charge in [0.15, 0.2) is 0 Å². The standard InChI is InChI=1S/C23H29FO2S/c1-4-6-13-23(5-2)15-27-20-12-11-16(26-3)14-18(20)21(22(23)25)17-9-7-8-10-19(17)24/h7-12,14,21-22,25H,4-6,13,15H2,1-3H3/t21-,22?,23+/m0/s1. The number of halogens is 1. The Labute approximate surface area is 166 Å². The summed E-state index contributed by atoms with van der Waals surface area (Å²) in [4.78, 5) is 1.11. The van der Waals surface area contributed by atoms with Gasteiger partial charge in [-0.15, -0.1) is 11.8 Å². The number of rotatable bonds is 6. The maximum atomic E-state index is 14.8. The molecule has 0 spiro atoms. The normalized spacial score (nSPS) is 24.9. The van der Waals surface area contributed by atoms with Crippen molar-refractivity contribution in [3.05, 3.63) is 59.4 Å². The molecule has 2 nitrogen and oxygen atoms in total. The lowest BCUT2D eigenvalue weighted by atomic mass is 9.69. The van der Waals surface area contributed by atoms with Crippen molar-refractivity contribution in [2.75, 3.05) is 12.9 Å². The van der Waals surface area contributed by atoms with Gasteiger partial charge in [0.25, 0.3) is 0 Å². The van der Waals surface area contributed by atoms with Crippen molar-refractivity contribution in [2.45, 2.75) is 56.4 Å². The fourth-order valence-electron chi connectivity index (χ4n) is 4.16. The summed E-state index contributed by atoms with van der Waals surface area (Å²) >= 11 is 1.78. The van der Waals surface area contributed by atoms with E-state index in [1.807, 2.05) is 30.3 Å². The van der Waals surface area contributed by atoms with E-state index in [9.17, 15) is 9.50 Å². The molecule has 1 heterocycles. The van der Waals surface area contributed by atoms with Crippen LogP contribution in [0.4, 0.5) is 4.39 Å². The van der Waals surface area contributed by atoms with Gasteiger partial charge < -0.3 is 9.84 Å². The molecule has 0 radical (unpaired) electrons. The van der Waals surface area contributed by atoms with Crippen LogP contribution in [0.25, 0.3) is 0 Å². The molecule has 1 aliphatic heterocycles. The van der Waals surface area contributed by atoms with Gasteiger partial charge in [0.1, 0.15) is 11.6 Å². The van der Waals surface area contributed by atoms with Crippen molar-refractivity contribution < 1.29 is 14.2 Å². The number of aliphatic hydroxyl groups excluding tert-OH is 1. The number of hydrogen-bond donors (Lipinski definition) is 1. The minimum Gasteiger partial charge on any atom is -0.497 e. The second kappa shape index (κ2) is 8.66. The first-order valence-electron chi connectivity index (χ1n) is 9.79. The van der Waals surface area contributed by atoms with Gasteiger partial charge in [0.05, 0.1) is 13.2 Å². The molecule has 146 valence electrons. The Morgan fingerprint density at radius 1 is 1.19 bits per heavy atom. The molecule has 0 aliphatic carbocycles. The summed E-state index contributed by atoms with van der Waals surface area (Å²) in [6.45, 7) is 4.32. The summed E-state index contributed by atoms with van der Waals surface area (Å²) in [5.74, 6) is 0.917. The monoisotopic (exact) mass is 388 g/mol. The molecule has 1 N–H and O–H groups in total. The van der Waals surface area contributed by atoms with E-state index in [0.717, 1.165) is 47.6 Å². The van der Waals surface area contributed by atoms with E-state index in [1.54, 1.807) is 24.9 Å². The summed E-state index contributed by atoms with van der Waals surface area (Å²) in [6, 6.07) is 12.8. The van der Waals surface area contributed by atoms with Crippen LogP contribution < -0.4 is 4.74 Å². The maximum Gasteiger partial charge on any atom is 0.127 e. The van der Waals surface area contributed by atoms with E-state index in [2.05, 4.69) is 13.8 Å². The first-order valence-corrected chi connectivity index (χ1v) is 10.8. The highest BCUT2D eigenvalue weighted by Crippen LogP contribution is 2.51. The maximum absolute atomic E-state index is 14.8. The average Bonchev–Trinajstić information content (AvgIpc) is 2.81. The van der Waals surface area contributed by atoms with E-state index >= 15 is 0 Å². The minimum absolute atomic E-state index is 0.236. The van der Waals surface area contributed by atoms with Gasteiger partial charge in [-0.1, -0.05) is 44.9 Å². The van der Waals surface area contributed by atoms with Crippen LogP contribution in [0.3, 0.4) is 0 Å². The highest BCUT2D eigenvalue weighted by Gasteiger charge is 2.45. The molecule has 1 unspecified atom stereocenters. The van der Waals surface area contributed by atoms with Gasteiger partial charge in [-0.2, -0.15) is 0 Å². The summed E-state index contributed by atoms with van der Waals surface area (Å²) < 4.78 is 20.2. The molecule has 0 saturated carbocycles. The van der Waals surface area contributed by atoms with Crippen molar-refractivity contribution in [1.82, 2.24) is 0 Å². The quantitative estimate of drug-likeness (QED) is 0.656. The fraction of sp³-hybridized carbons (Fsp3) is 0.478. The Hall–Kier alpha value is -1.52. The van der Waals surface area contributed by atoms with E-state index in [-0.39, 0.29) is 11.2 Å². The van der Waals surface area contributed by atoms with Crippen LogP contribution in [-0.4, -0.2) is 24.1 Å². The van der Waals surface area contributed by atoms with Crippen LogP contribution in [-0.2, 0) is 0 Å². The predicted molar refractivity (Wildman–Crippen MR) is 110 cm³/mol. The molecule has 1 aliphatic rings. The number of thioether (sulfide) groups is 1. The lowest BCUT2D eigenvalue weighted by Gasteiger charge is -2.39. The van der Waals surface area contributed by atoms with Gasteiger partial charge in [0, 0.05) is 22.0 Å². The molecule has 3 rings (SSSR count). The van der Waals surface area contributed by atoms with Gasteiger partial charge >= 0.3 is 0 Å². The molecule has 4 heteroatoms. The zero-order valence-corrected chi connectivity index (χ0v) is 17.2. The lowest BCUT2D eigenvalue weighted by molar-refractivity contribution is 0.0175. The highest BCUT2D eigenvalue weighted by molar-refractivity contribution is 7.99. The van der Waals surface area contributed by atoms with Crippen LogP contribution in [0.1, 0.15) is 56.6 Å². The lowest BCUT2D eigenvalue weighted by Crippen LogP contribution is -2.40. The number of unbranched alkanes of at least 4 members (excludes halogenated alkanes) is 1. The highest BCUT2D eigenvalue weighted by atomic mass is 32.2. The van der Waals surface area contributed by atoms with Crippen LogP contribution >= 0.6 is 11.8 Å². The summed E-state index contributed by atoms with van der Waals surface area (Å²) in [7, 11) is 1.64. The molecular weight excluding hydrogens is 359 g/mol. The smallest absolute Gasteiger partial charge is 0.127 e. The number of ether oxygens (including phenoxy) is 1. The fourth-order valence-corrected chi connectivity index (χ4v) is 5.64. The number of benzene rings is 2. The molecule has 0 aromatic heterocycles. The van der Waals surface area contributed by atoms with Crippen LogP contribution in [0.5, 0.6) is 5.75 Å². The third-order valence-corrected chi connectivity index (χ3v) is 7.38. The number of hydrogen-bond acceptors (Lipinski definition) is 3. The molecule has 0 amide bonds. The topological polar surface area (TPSA) is 29.5 Å². The first kappa shape index (κ1) is 20.2. The Bertz CT molecular complexity index is 779. The molecular formula is C23H29FO2S.